The predicted octanol–water partition coefficient (Wildman–Crippen LogP) is 0.296. The molecule has 0 atom stereocenters. The summed E-state index contributed by atoms with van der Waals surface area (Å²) in [4.78, 5) is 0. The predicted molar refractivity (Wildman–Crippen MR) is 47.6 cm³/mol. The van der Waals surface area contributed by atoms with Crippen molar-refractivity contribution in [3.8, 4) is 0 Å². The first-order valence-electron chi connectivity index (χ1n) is 3.87. The Balaban J connectivity index is 2.94. The number of aliphatic hydroxyl groups excluding tert-OH is 2. The highest BCUT2D eigenvalue weighted by atomic mass is 16.3. The van der Waals surface area contributed by atoms with Gasteiger partial charge in [-0.2, -0.15) is 0 Å². The number of nitrogen functional groups attached to an aromatic ring is 1. The van der Waals surface area contributed by atoms with Gasteiger partial charge in [0.1, 0.15) is 0 Å². The molecule has 0 spiro atoms. The smallest absolute Gasteiger partial charge is 0.0685 e. The molecule has 66 valence electrons. The van der Waals surface area contributed by atoms with E-state index in [2.05, 4.69) is 0 Å². The minimum atomic E-state index is -0.0274. The molecule has 0 radical (unpaired) electrons. The quantitative estimate of drug-likeness (QED) is 0.567. The van der Waals surface area contributed by atoms with Crippen LogP contribution in [-0.2, 0) is 13.0 Å². The maximum Gasteiger partial charge on any atom is 0.0685 e. The molecular formula is C9H13NO2. The van der Waals surface area contributed by atoms with E-state index in [1.165, 1.54) is 0 Å². The highest BCUT2D eigenvalue weighted by Crippen LogP contribution is 2.13. The van der Waals surface area contributed by atoms with Crippen molar-refractivity contribution in [2.24, 2.45) is 0 Å². The Labute approximate surface area is 71.5 Å². The number of hydrogen-bond acceptors (Lipinski definition) is 3. The van der Waals surface area contributed by atoms with Gasteiger partial charge in [0.2, 0.25) is 0 Å². The van der Waals surface area contributed by atoms with Gasteiger partial charge in [-0.1, -0.05) is 6.07 Å². The van der Waals surface area contributed by atoms with Crippen LogP contribution in [0.1, 0.15) is 11.1 Å². The second-order valence-corrected chi connectivity index (χ2v) is 2.66. The molecule has 0 aromatic heterocycles. The molecular weight excluding hydrogens is 154 g/mol. The van der Waals surface area contributed by atoms with Crippen molar-refractivity contribution in [2.45, 2.75) is 13.0 Å². The average molecular weight is 167 g/mol. The van der Waals surface area contributed by atoms with E-state index < -0.39 is 0 Å². The maximum atomic E-state index is 8.93. The molecule has 1 aromatic carbocycles. The van der Waals surface area contributed by atoms with Gasteiger partial charge in [-0.05, 0) is 29.7 Å². The zero-order valence-corrected chi connectivity index (χ0v) is 6.83. The van der Waals surface area contributed by atoms with Gasteiger partial charge in [0.05, 0.1) is 6.61 Å². The lowest BCUT2D eigenvalue weighted by Gasteiger charge is -2.06. The maximum absolute atomic E-state index is 8.93. The van der Waals surface area contributed by atoms with E-state index in [-0.39, 0.29) is 13.2 Å². The topological polar surface area (TPSA) is 66.5 Å². The molecule has 1 rings (SSSR count). The van der Waals surface area contributed by atoms with E-state index in [1.807, 2.05) is 6.07 Å². The fourth-order valence-electron chi connectivity index (χ4n) is 1.16. The van der Waals surface area contributed by atoms with E-state index >= 15 is 0 Å². The Morgan fingerprint density at radius 1 is 1.17 bits per heavy atom. The Morgan fingerprint density at radius 2 is 1.92 bits per heavy atom. The first kappa shape index (κ1) is 9.03. The largest absolute Gasteiger partial charge is 0.399 e. The molecule has 0 saturated carbocycles. The van der Waals surface area contributed by atoms with Crippen molar-refractivity contribution in [3.05, 3.63) is 29.3 Å². The Kier molecular flexibility index (Phi) is 3.08. The third kappa shape index (κ3) is 1.96. The van der Waals surface area contributed by atoms with Gasteiger partial charge in [-0.3, -0.25) is 0 Å². The fourth-order valence-corrected chi connectivity index (χ4v) is 1.16. The first-order chi connectivity index (χ1) is 5.77. The average Bonchev–Trinajstić information content (AvgIpc) is 2.08. The van der Waals surface area contributed by atoms with Crippen LogP contribution in [0.5, 0.6) is 0 Å². The summed E-state index contributed by atoms with van der Waals surface area (Å²) in [6.45, 7) is 0.0668. The summed E-state index contributed by atoms with van der Waals surface area (Å²) in [6, 6.07) is 5.33. The van der Waals surface area contributed by atoms with Crippen molar-refractivity contribution in [2.75, 3.05) is 12.3 Å². The number of benzene rings is 1. The molecule has 0 aliphatic carbocycles. The van der Waals surface area contributed by atoms with E-state index in [4.69, 9.17) is 15.9 Å². The molecule has 12 heavy (non-hydrogen) atoms. The minimum Gasteiger partial charge on any atom is -0.399 e. The molecule has 0 saturated heterocycles. The van der Waals surface area contributed by atoms with Gasteiger partial charge in [0.25, 0.3) is 0 Å². The standard InChI is InChI=1S/C9H13NO2/c10-9-2-1-7(3-4-11)8(5-9)6-12/h1-2,5,11-12H,3-4,6,10H2. The molecule has 1 aromatic rings. The van der Waals surface area contributed by atoms with E-state index in [0.717, 1.165) is 11.1 Å². The molecule has 0 bridgehead atoms. The lowest BCUT2D eigenvalue weighted by Crippen LogP contribution is -1.98. The number of anilines is 1. The van der Waals surface area contributed by atoms with Crippen LogP contribution in [0, 0.1) is 0 Å². The molecule has 0 aliphatic heterocycles. The Hall–Kier alpha value is -1.06. The summed E-state index contributed by atoms with van der Waals surface area (Å²) >= 11 is 0. The summed E-state index contributed by atoms with van der Waals surface area (Å²) in [7, 11) is 0. The van der Waals surface area contributed by atoms with Crippen molar-refractivity contribution in [1.82, 2.24) is 0 Å². The SMILES string of the molecule is Nc1ccc(CCO)c(CO)c1. The molecule has 0 aliphatic rings. The van der Waals surface area contributed by atoms with Gasteiger partial charge in [-0.15, -0.1) is 0 Å². The molecule has 0 fully saturated rings. The summed E-state index contributed by atoms with van der Waals surface area (Å²) in [5.74, 6) is 0. The third-order valence-corrected chi connectivity index (χ3v) is 1.78. The van der Waals surface area contributed by atoms with Crippen molar-refractivity contribution >= 4 is 5.69 Å². The van der Waals surface area contributed by atoms with Crippen LogP contribution >= 0.6 is 0 Å². The van der Waals surface area contributed by atoms with E-state index in [1.54, 1.807) is 12.1 Å². The van der Waals surface area contributed by atoms with Gasteiger partial charge in [-0.25, -0.2) is 0 Å². The molecule has 0 heterocycles. The number of hydrogen-bond donors (Lipinski definition) is 3. The van der Waals surface area contributed by atoms with E-state index in [9.17, 15) is 0 Å². The number of nitrogens with two attached hydrogens (primary N) is 1. The van der Waals surface area contributed by atoms with Crippen LogP contribution < -0.4 is 5.73 Å². The van der Waals surface area contributed by atoms with Gasteiger partial charge < -0.3 is 15.9 Å². The molecule has 4 N–H and O–H groups in total. The summed E-state index contributed by atoms with van der Waals surface area (Å²) in [5.41, 5.74) is 7.91. The van der Waals surface area contributed by atoms with Crippen LogP contribution in [0.15, 0.2) is 18.2 Å². The minimum absolute atomic E-state index is 0.0274. The van der Waals surface area contributed by atoms with Crippen LogP contribution in [0.4, 0.5) is 5.69 Å². The Bertz CT molecular complexity index is 261. The lowest BCUT2D eigenvalue weighted by molar-refractivity contribution is 0.276. The monoisotopic (exact) mass is 167 g/mol. The van der Waals surface area contributed by atoms with Gasteiger partial charge in [0, 0.05) is 12.3 Å². The third-order valence-electron chi connectivity index (χ3n) is 1.78. The molecule has 0 amide bonds. The molecule has 3 nitrogen and oxygen atoms in total. The van der Waals surface area contributed by atoms with Gasteiger partial charge >= 0.3 is 0 Å². The zero-order chi connectivity index (χ0) is 8.97. The fraction of sp³-hybridized carbons (Fsp3) is 0.333. The second kappa shape index (κ2) is 4.09. The summed E-state index contributed by atoms with van der Waals surface area (Å²) in [5, 5.41) is 17.6. The zero-order valence-electron chi connectivity index (χ0n) is 6.83. The van der Waals surface area contributed by atoms with Gasteiger partial charge in [0.15, 0.2) is 0 Å². The first-order valence-corrected chi connectivity index (χ1v) is 3.87. The van der Waals surface area contributed by atoms with Crippen LogP contribution in [-0.4, -0.2) is 16.8 Å². The van der Waals surface area contributed by atoms with E-state index in [0.29, 0.717) is 12.1 Å². The number of aliphatic hydroxyl groups is 2. The lowest BCUT2D eigenvalue weighted by atomic mass is 10.0. The van der Waals surface area contributed by atoms with Crippen LogP contribution in [0.2, 0.25) is 0 Å². The second-order valence-electron chi connectivity index (χ2n) is 2.66. The normalized spacial score (nSPS) is 10.2. The van der Waals surface area contributed by atoms with Crippen molar-refractivity contribution in [3.63, 3.8) is 0 Å². The molecule has 3 heteroatoms. The highest BCUT2D eigenvalue weighted by Gasteiger charge is 2.00. The summed E-state index contributed by atoms with van der Waals surface area (Å²) < 4.78 is 0. The Morgan fingerprint density at radius 3 is 2.50 bits per heavy atom. The number of rotatable bonds is 3. The summed E-state index contributed by atoms with van der Waals surface area (Å²) in [6.07, 6.45) is 0.566. The highest BCUT2D eigenvalue weighted by molar-refractivity contribution is 5.44. The molecule has 0 unspecified atom stereocenters. The van der Waals surface area contributed by atoms with Crippen molar-refractivity contribution < 1.29 is 10.2 Å². The van der Waals surface area contributed by atoms with Crippen molar-refractivity contribution in [1.29, 1.82) is 0 Å². The van der Waals surface area contributed by atoms with Crippen LogP contribution in [0.3, 0.4) is 0 Å². The van der Waals surface area contributed by atoms with Crippen LogP contribution in [0.25, 0.3) is 0 Å².